The molecule has 6 heteroatoms. The predicted octanol–water partition coefficient (Wildman–Crippen LogP) is 1.50. The summed E-state index contributed by atoms with van der Waals surface area (Å²) in [5.74, 6) is 0. The molecule has 0 bridgehead atoms. The van der Waals surface area contributed by atoms with Gasteiger partial charge in [0.2, 0.25) is 0 Å². The molecule has 2 atom stereocenters. The molecule has 1 heterocycles. The smallest absolute Gasteiger partial charge is 0.134 e. The molecule has 0 aromatic carbocycles. The summed E-state index contributed by atoms with van der Waals surface area (Å²) in [5.41, 5.74) is 0.430. The maximum absolute atomic E-state index is 9.90. The van der Waals surface area contributed by atoms with Crippen LogP contribution in [0.15, 0.2) is 16.7 Å². The van der Waals surface area contributed by atoms with Crippen molar-refractivity contribution in [2.75, 3.05) is 13.6 Å². The molecule has 0 radical (unpaired) electrons. The Kier molecular flexibility index (Phi) is 5.64. The van der Waals surface area contributed by atoms with Crippen LogP contribution in [0.2, 0.25) is 5.15 Å². The predicted molar refractivity (Wildman–Crippen MR) is 66.5 cm³/mol. The largest absolute Gasteiger partial charge is 0.390 e. The Morgan fingerprint density at radius 1 is 1.56 bits per heavy atom. The van der Waals surface area contributed by atoms with E-state index in [9.17, 15) is 10.2 Å². The summed E-state index contributed by atoms with van der Waals surface area (Å²) in [6.45, 7) is 0.622. The first-order valence-corrected chi connectivity index (χ1v) is 6.05. The van der Waals surface area contributed by atoms with Crippen molar-refractivity contribution >= 4 is 27.5 Å². The van der Waals surface area contributed by atoms with Gasteiger partial charge >= 0.3 is 0 Å². The first-order valence-electron chi connectivity index (χ1n) is 4.88. The molecule has 0 saturated carbocycles. The molecule has 3 N–H and O–H groups in total. The van der Waals surface area contributed by atoms with Crippen LogP contribution in [-0.2, 0) is 0 Å². The van der Waals surface area contributed by atoms with Crippen LogP contribution in [0.4, 0.5) is 0 Å². The van der Waals surface area contributed by atoms with Crippen molar-refractivity contribution in [2.45, 2.75) is 18.6 Å². The summed E-state index contributed by atoms with van der Waals surface area (Å²) in [6.07, 6.45) is 0.103. The van der Waals surface area contributed by atoms with Crippen LogP contribution in [-0.4, -0.2) is 34.9 Å². The van der Waals surface area contributed by atoms with E-state index in [1.54, 1.807) is 19.3 Å². The Balaban J connectivity index is 2.78. The zero-order chi connectivity index (χ0) is 12.1. The number of nitrogens with one attached hydrogen (secondary N) is 1. The molecule has 0 fully saturated rings. The zero-order valence-electron chi connectivity index (χ0n) is 8.82. The second-order valence-corrected chi connectivity index (χ2v) is 4.71. The number of aliphatic hydroxyl groups is 2. The lowest BCUT2D eigenvalue weighted by molar-refractivity contribution is 0.0139. The Morgan fingerprint density at radius 2 is 2.25 bits per heavy atom. The van der Waals surface area contributed by atoms with Crippen molar-refractivity contribution in [3.8, 4) is 0 Å². The molecule has 0 amide bonds. The molecule has 0 saturated heterocycles. The van der Waals surface area contributed by atoms with Crippen LogP contribution in [0.25, 0.3) is 0 Å². The van der Waals surface area contributed by atoms with E-state index in [-0.39, 0.29) is 5.15 Å². The number of hydrogen-bond donors (Lipinski definition) is 3. The highest BCUT2D eigenvalue weighted by Crippen LogP contribution is 2.27. The Bertz CT molecular complexity index is 352. The first kappa shape index (κ1) is 13.9. The molecule has 16 heavy (non-hydrogen) atoms. The third-order valence-corrected chi connectivity index (χ3v) is 2.96. The number of pyridine rings is 1. The second-order valence-electron chi connectivity index (χ2n) is 3.44. The summed E-state index contributed by atoms with van der Waals surface area (Å²) in [6, 6.07) is 1.66. The van der Waals surface area contributed by atoms with E-state index in [1.165, 1.54) is 0 Å². The van der Waals surface area contributed by atoms with E-state index in [2.05, 4.69) is 26.2 Å². The fourth-order valence-corrected chi connectivity index (χ4v) is 1.87. The number of hydrogen-bond acceptors (Lipinski definition) is 4. The standard InChI is InChI=1S/C10H14BrClN2O2/c1-13-3-2-8(15)9(16)7-4-6(11)5-14-10(7)12/h4-5,8-9,13,15-16H,2-3H2,1H3. The summed E-state index contributed by atoms with van der Waals surface area (Å²) < 4.78 is 0.715. The van der Waals surface area contributed by atoms with Crippen LogP contribution in [0.5, 0.6) is 0 Å². The number of halogens is 2. The van der Waals surface area contributed by atoms with Crippen molar-refractivity contribution in [1.82, 2.24) is 10.3 Å². The highest BCUT2D eigenvalue weighted by molar-refractivity contribution is 9.10. The van der Waals surface area contributed by atoms with Gasteiger partial charge in [0.05, 0.1) is 6.10 Å². The average Bonchev–Trinajstić information content (AvgIpc) is 2.28. The summed E-state index contributed by atoms with van der Waals surface area (Å²) in [7, 11) is 1.78. The van der Waals surface area contributed by atoms with Gasteiger partial charge < -0.3 is 15.5 Å². The quantitative estimate of drug-likeness (QED) is 0.721. The van der Waals surface area contributed by atoms with Gasteiger partial charge in [0.1, 0.15) is 11.3 Å². The number of nitrogens with zero attached hydrogens (tertiary/aromatic N) is 1. The van der Waals surface area contributed by atoms with Crippen LogP contribution in [0, 0.1) is 0 Å². The van der Waals surface area contributed by atoms with Gasteiger partial charge in [-0.25, -0.2) is 4.98 Å². The van der Waals surface area contributed by atoms with Gasteiger partial charge in [-0.1, -0.05) is 11.6 Å². The number of aliphatic hydroxyl groups excluding tert-OH is 2. The van der Waals surface area contributed by atoms with E-state index in [1.807, 2.05) is 0 Å². The lowest BCUT2D eigenvalue weighted by Crippen LogP contribution is -2.23. The molecule has 0 aliphatic carbocycles. The van der Waals surface area contributed by atoms with E-state index < -0.39 is 12.2 Å². The van der Waals surface area contributed by atoms with Crippen molar-refractivity contribution in [2.24, 2.45) is 0 Å². The number of aromatic nitrogens is 1. The molecular weight excluding hydrogens is 295 g/mol. The maximum atomic E-state index is 9.90. The third-order valence-electron chi connectivity index (χ3n) is 2.21. The highest BCUT2D eigenvalue weighted by Gasteiger charge is 2.21. The third kappa shape index (κ3) is 3.68. The second kappa shape index (κ2) is 6.51. The molecule has 1 rings (SSSR count). The SMILES string of the molecule is CNCCC(O)C(O)c1cc(Br)cnc1Cl. The van der Waals surface area contributed by atoms with Crippen LogP contribution >= 0.6 is 27.5 Å². The van der Waals surface area contributed by atoms with Gasteiger partial charge in [-0.3, -0.25) is 0 Å². The van der Waals surface area contributed by atoms with Gasteiger partial charge in [0, 0.05) is 16.2 Å². The maximum Gasteiger partial charge on any atom is 0.134 e. The molecule has 2 unspecified atom stereocenters. The van der Waals surface area contributed by atoms with E-state index in [0.717, 1.165) is 0 Å². The molecule has 90 valence electrons. The molecule has 0 spiro atoms. The summed E-state index contributed by atoms with van der Waals surface area (Å²) in [4.78, 5) is 3.89. The molecule has 0 aliphatic rings. The molecule has 0 aliphatic heterocycles. The fourth-order valence-electron chi connectivity index (χ4n) is 1.30. The van der Waals surface area contributed by atoms with Gasteiger partial charge in [-0.05, 0) is 42.0 Å². The molecule has 1 aromatic heterocycles. The Labute approximate surface area is 108 Å². The minimum atomic E-state index is -1.02. The molecule has 4 nitrogen and oxygen atoms in total. The van der Waals surface area contributed by atoms with Crippen molar-refractivity contribution in [3.05, 3.63) is 27.5 Å². The Hall–Kier alpha value is -0.200. The summed E-state index contributed by atoms with van der Waals surface area (Å²) >= 11 is 9.09. The fraction of sp³-hybridized carbons (Fsp3) is 0.500. The topological polar surface area (TPSA) is 65.4 Å². The number of rotatable bonds is 5. The first-order chi connectivity index (χ1) is 7.56. The van der Waals surface area contributed by atoms with Gasteiger partial charge in [0.15, 0.2) is 0 Å². The highest BCUT2D eigenvalue weighted by atomic mass is 79.9. The lowest BCUT2D eigenvalue weighted by atomic mass is 10.0. The average molecular weight is 310 g/mol. The zero-order valence-corrected chi connectivity index (χ0v) is 11.2. The van der Waals surface area contributed by atoms with Crippen molar-refractivity contribution < 1.29 is 10.2 Å². The van der Waals surface area contributed by atoms with Gasteiger partial charge in [-0.15, -0.1) is 0 Å². The van der Waals surface area contributed by atoms with Gasteiger partial charge in [0.25, 0.3) is 0 Å². The van der Waals surface area contributed by atoms with Crippen molar-refractivity contribution in [3.63, 3.8) is 0 Å². The monoisotopic (exact) mass is 308 g/mol. The Morgan fingerprint density at radius 3 is 2.88 bits per heavy atom. The van der Waals surface area contributed by atoms with Crippen molar-refractivity contribution in [1.29, 1.82) is 0 Å². The minimum Gasteiger partial charge on any atom is -0.390 e. The van der Waals surface area contributed by atoms with Crippen LogP contribution in [0.3, 0.4) is 0 Å². The molecular formula is C10H14BrClN2O2. The van der Waals surface area contributed by atoms with E-state index >= 15 is 0 Å². The van der Waals surface area contributed by atoms with Crippen LogP contribution < -0.4 is 5.32 Å². The van der Waals surface area contributed by atoms with Crippen LogP contribution in [0.1, 0.15) is 18.1 Å². The minimum absolute atomic E-state index is 0.208. The normalized spacial score (nSPS) is 14.8. The van der Waals surface area contributed by atoms with E-state index in [4.69, 9.17) is 11.6 Å². The van der Waals surface area contributed by atoms with Gasteiger partial charge in [-0.2, -0.15) is 0 Å². The summed E-state index contributed by atoms with van der Waals surface area (Å²) in [5, 5.41) is 22.7. The van der Waals surface area contributed by atoms with E-state index in [0.29, 0.717) is 23.0 Å². The molecule has 1 aromatic rings. The lowest BCUT2D eigenvalue weighted by Gasteiger charge is -2.18.